The molecule has 1 rings (SSSR count). The predicted molar refractivity (Wildman–Crippen MR) is 38.9 cm³/mol. The van der Waals surface area contributed by atoms with Crippen molar-refractivity contribution in [3.8, 4) is 0 Å². The van der Waals surface area contributed by atoms with Crippen molar-refractivity contribution in [2.24, 2.45) is 11.7 Å². The van der Waals surface area contributed by atoms with Crippen LogP contribution < -0.4 is 11.7 Å². The zero-order valence-electron chi connectivity index (χ0n) is 5.15. The van der Waals surface area contributed by atoms with E-state index in [9.17, 15) is 4.79 Å². The molecule has 0 bridgehead atoms. The van der Waals surface area contributed by atoms with Crippen LogP contribution in [0.5, 0.6) is 0 Å². The van der Waals surface area contributed by atoms with E-state index in [1.807, 2.05) is 0 Å². The Bertz CT molecular complexity index is 219. The molecule has 0 saturated carbocycles. The lowest BCUT2D eigenvalue weighted by atomic mass is 10.4. The predicted octanol–water partition coefficient (Wildman–Crippen LogP) is -0.0623. The lowest BCUT2D eigenvalue weighted by Gasteiger charge is -2.05. The first-order valence-electron chi connectivity index (χ1n) is 2.59. The van der Waals surface area contributed by atoms with Gasteiger partial charge in [-0.1, -0.05) is 6.07 Å². The highest BCUT2D eigenvalue weighted by Gasteiger charge is 2.08. The number of carbonyl (C=O) groups excluding carboxylic acids is 1. The molecular formula is C5H7N3OS. The molecule has 1 aromatic heterocycles. The van der Waals surface area contributed by atoms with E-state index in [1.54, 1.807) is 17.5 Å². The number of thiophene rings is 1. The minimum Gasteiger partial charge on any atom is -0.265 e. The van der Waals surface area contributed by atoms with Gasteiger partial charge < -0.3 is 0 Å². The molecule has 0 atom stereocenters. The summed E-state index contributed by atoms with van der Waals surface area (Å²) in [5, 5.41) is 2.36. The lowest BCUT2D eigenvalue weighted by molar-refractivity contribution is 0.0760. The Balaban J connectivity index is 2.78. The second kappa shape index (κ2) is 2.78. The second-order valence-electron chi connectivity index (χ2n) is 1.69. The number of amides is 1. The van der Waals surface area contributed by atoms with Crippen LogP contribution in [0.3, 0.4) is 0 Å². The van der Waals surface area contributed by atoms with E-state index >= 15 is 0 Å². The monoisotopic (exact) mass is 157 g/mol. The third-order valence-corrected chi connectivity index (χ3v) is 1.82. The van der Waals surface area contributed by atoms with E-state index in [2.05, 4.69) is 0 Å². The standard InChI is InChI=1S/C5H7N3OS/c6-8(7)5(9)4-2-1-3-10-4/h1-3H,6-7H2. The maximum Gasteiger partial charge on any atom is 0.292 e. The molecule has 1 heterocycles. The number of rotatable bonds is 1. The van der Waals surface area contributed by atoms with Gasteiger partial charge in [0.15, 0.2) is 0 Å². The summed E-state index contributed by atoms with van der Waals surface area (Å²) in [6.45, 7) is 0. The normalized spacial score (nSPS) is 9.40. The highest BCUT2D eigenvalue weighted by molar-refractivity contribution is 7.12. The summed E-state index contributed by atoms with van der Waals surface area (Å²) in [7, 11) is 0. The highest BCUT2D eigenvalue weighted by Crippen LogP contribution is 2.08. The number of carbonyl (C=O) groups is 1. The van der Waals surface area contributed by atoms with Gasteiger partial charge >= 0.3 is 0 Å². The molecule has 0 unspecified atom stereocenters. The van der Waals surface area contributed by atoms with Crippen LogP contribution >= 0.6 is 11.3 Å². The summed E-state index contributed by atoms with van der Waals surface area (Å²) >= 11 is 1.31. The number of hydrazine groups is 2. The fraction of sp³-hybridized carbons (Fsp3) is 0. The van der Waals surface area contributed by atoms with Gasteiger partial charge in [0.1, 0.15) is 0 Å². The summed E-state index contributed by atoms with van der Waals surface area (Å²) in [5.41, 5.74) is 0. The van der Waals surface area contributed by atoms with Gasteiger partial charge in [-0.15, -0.1) is 11.3 Å². The fourth-order valence-corrected chi connectivity index (χ4v) is 1.19. The minimum absolute atomic E-state index is 0.366. The van der Waals surface area contributed by atoms with Gasteiger partial charge in [0, 0.05) is 0 Å². The molecule has 10 heavy (non-hydrogen) atoms. The van der Waals surface area contributed by atoms with Crippen LogP contribution in [-0.4, -0.2) is 11.0 Å². The van der Waals surface area contributed by atoms with E-state index in [4.69, 9.17) is 11.7 Å². The Kier molecular flexibility index (Phi) is 2.00. The van der Waals surface area contributed by atoms with Gasteiger partial charge in [0.05, 0.1) is 4.88 Å². The van der Waals surface area contributed by atoms with Crippen molar-refractivity contribution >= 4 is 17.2 Å². The largest absolute Gasteiger partial charge is 0.292 e. The van der Waals surface area contributed by atoms with Crippen LogP contribution in [0.1, 0.15) is 9.67 Å². The summed E-state index contributed by atoms with van der Waals surface area (Å²) < 4.78 is 0. The SMILES string of the molecule is NN(N)C(=O)c1cccs1. The number of nitrogens with two attached hydrogens (primary N) is 2. The van der Waals surface area contributed by atoms with Crippen LogP contribution in [0.15, 0.2) is 17.5 Å². The molecule has 1 amide bonds. The van der Waals surface area contributed by atoms with Crippen molar-refractivity contribution in [1.82, 2.24) is 5.12 Å². The molecule has 0 aliphatic carbocycles. The van der Waals surface area contributed by atoms with Gasteiger partial charge in [0.2, 0.25) is 0 Å². The molecule has 1 aromatic rings. The fourth-order valence-electron chi connectivity index (χ4n) is 0.527. The Morgan fingerprint density at radius 2 is 2.30 bits per heavy atom. The quantitative estimate of drug-likeness (QED) is 0.340. The molecule has 4 N–H and O–H groups in total. The van der Waals surface area contributed by atoms with Crippen molar-refractivity contribution in [3.05, 3.63) is 22.4 Å². The molecule has 0 aliphatic rings. The third-order valence-electron chi connectivity index (χ3n) is 0.966. The van der Waals surface area contributed by atoms with Gasteiger partial charge in [-0.05, 0) is 11.4 Å². The zero-order valence-corrected chi connectivity index (χ0v) is 5.97. The Morgan fingerprint density at radius 3 is 2.70 bits per heavy atom. The van der Waals surface area contributed by atoms with Crippen LogP contribution in [0.4, 0.5) is 0 Å². The summed E-state index contributed by atoms with van der Waals surface area (Å²) in [5.74, 6) is 9.62. The highest BCUT2D eigenvalue weighted by atomic mass is 32.1. The number of nitrogens with zero attached hydrogens (tertiary/aromatic N) is 1. The van der Waals surface area contributed by atoms with E-state index in [0.29, 0.717) is 10.00 Å². The van der Waals surface area contributed by atoms with Gasteiger partial charge in [-0.2, -0.15) is 0 Å². The molecule has 4 nitrogen and oxygen atoms in total. The Labute approximate surface area is 62.0 Å². The van der Waals surface area contributed by atoms with Crippen LogP contribution in [0, 0.1) is 0 Å². The maximum absolute atomic E-state index is 10.9. The van der Waals surface area contributed by atoms with Crippen molar-refractivity contribution < 1.29 is 4.79 Å². The minimum atomic E-state index is -0.366. The molecule has 0 aromatic carbocycles. The molecule has 0 fully saturated rings. The average molecular weight is 157 g/mol. The van der Waals surface area contributed by atoms with E-state index in [0.717, 1.165) is 0 Å². The van der Waals surface area contributed by atoms with Gasteiger partial charge in [-0.25, -0.2) is 16.8 Å². The zero-order chi connectivity index (χ0) is 7.56. The molecule has 5 heteroatoms. The molecule has 54 valence electrons. The lowest BCUT2D eigenvalue weighted by Crippen LogP contribution is -2.42. The van der Waals surface area contributed by atoms with Crippen LogP contribution in [-0.2, 0) is 0 Å². The number of hydrogen-bond donors (Lipinski definition) is 2. The number of hydrogen-bond acceptors (Lipinski definition) is 4. The van der Waals surface area contributed by atoms with Crippen LogP contribution in [0.25, 0.3) is 0 Å². The maximum atomic E-state index is 10.9. The average Bonchev–Trinajstić information content (AvgIpc) is 2.36. The van der Waals surface area contributed by atoms with Crippen molar-refractivity contribution in [1.29, 1.82) is 0 Å². The van der Waals surface area contributed by atoms with Gasteiger partial charge in [0.25, 0.3) is 5.91 Å². The van der Waals surface area contributed by atoms with Crippen molar-refractivity contribution in [3.63, 3.8) is 0 Å². The van der Waals surface area contributed by atoms with Crippen LogP contribution in [0.2, 0.25) is 0 Å². The van der Waals surface area contributed by atoms with Gasteiger partial charge in [-0.3, -0.25) is 4.79 Å². The summed E-state index contributed by atoms with van der Waals surface area (Å²) in [6, 6.07) is 3.43. The third kappa shape index (κ3) is 1.32. The van der Waals surface area contributed by atoms with E-state index < -0.39 is 0 Å². The first kappa shape index (κ1) is 7.20. The molecular weight excluding hydrogens is 150 g/mol. The first-order valence-corrected chi connectivity index (χ1v) is 3.47. The topological polar surface area (TPSA) is 72.3 Å². The van der Waals surface area contributed by atoms with E-state index in [-0.39, 0.29) is 5.91 Å². The summed E-state index contributed by atoms with van der Waals surface area (Å²) in [6.07, 6.45) is 0. The summed E-state index contributed by atoms with van der Waals surface area (Å²) in [4.78, 5) is 11.4. The second-order valence-corrected chi connectivity index (χ2v) is 2.64. The van der Waals surface area contributed by atoms with E-state index in [1.165, 1.54) is 11.3 Å². The molecule has 0 aliphatic heterocycles. The first-order chi connectivity index (χ1) is 4.72. The molecule has 0 saturated heterocycles. The molecule has 0 spiro atoms. The van der Waals surface area contributed by atoms with Crippen molar-refractivity contribution in [2.45, 2.75) is 0 Å². The molecule has 0 radical (unpaired) electrons. The Morgan fingerprint density at radius 1 is 1.60 bits per heavy atom. The van der Waals surface area contributed by atoms with Crippen molar-refractivity contribution in [2.75, 3.05) is 0 Å². The smallest absolute Gasteiger partial charge is 0.265 e. The Hall–Kier alpha value is -0.910.